The van der Waals surface area contributed by atoms with Crippen LogP contribution < -0.4 is 5.73 Å². The van der Waals surface area contributed by atoms with E-state index in [-0.39, 0.29) is 11.9 Å². The van der Waals surface area contributed by atoms with Crippen molar-refractivity contribution in [3.8, 4) is 0 Å². The number of H-pyrrole nitrogens is 2. The number of nitrogens with zero attached hydrogens (tertiary/aromatic N) is 6. The number of carbonyl (C=O) groups excluding carboxylic acids is 2. The molecule has 1 aliphatic carbocycles. The van der Waals surface area contributed by atoms with E-state index in [0.717, 1.165) is 70.0 Å². The SMILES string of the molecule is Cc1cccc(Cc2ccccc2)c1C(=O)c1ncnc2[nH]ccc12.NC(=O)OC1CCC(c2nnn3cnc4[nH]ccc4c23)CC1. The average molecular weight is 628 g/mol. The van der Waals surface area contributed by atoms with Gasteiger partial charge in [-0.05, 0) is 67.9 Å². The van der Waals surface area contributed by atoms with Gasteiger partial charge in [-0.1, -0.05) is 53.7 Å². The summed E-state index contributed by atoms with van der Waals surface area (Å²) in [5.74, 6) is 0.252. The van der Waals surface area contributed by atoms with Crippen LogP contribution in [0.15, 0.2) is 85.7 Å². The van der Waals surface area contributed by atoms with Crippen LogP contribution in [0.2, 0.25) is 0 Å². The van der Waals surface area contributed by atoms with Gasteiger partial charge in [0.15, 0.2) is 0 Å². The fraction of sp³-hybridized carbons (Fsp3) is 0.229. The largest absolute Gasteiger partial charge is 0.446 e. The summed E-state index contributed by atoms with van der Waals surface area (Å²) >= 11 is 0. The third-order valence-corrected chi connectivity index (χ3v) is 8.73. The highest BCUT2D eigenvalue weighted by Crippen LogP contribution is 2.36. The van der Waals surface area contributed by atoms with E-state index >= 15 is 0 Å². The molecule has 1 fully saturated rings. The first-order valence-electron chi connectivity index (χ1n) is 15.5. The van der Waals surface area contributed by atoms with Crippen molar-refractivity contribution in [2.24, 2.45) is 5.73 Å². The number of primary amides is 1. The first kappa shape index (κ1) is 29.8. The van der Waals surface area contributed by atoms with Gasteiger partial charge in [-0.15, -0.1) is 5.10 Å². The highest BCUT2D eigenvalue weighted by Gasteiger charge is 2.28. The molecule has 7 aromatic rings. The second kappa shape index (κ2) is 12.8. The second-order valence-electron chi connectivity index (χ2n) is 11.7. The van der Waals surface area contributed by atoms with E-state index in [0.29, 0.717) is 23.7 Å². The van der Waals surface area contributed by atoms with Crippen LogP contribution in [-0.2, 0) is 11.2 Å². The van der Waals surface area contributed by atoms with Crippen LogP contribution in [0.5, 0.6) is 0 Å². The maximum Gasteiger partial charge on any atom is 0.404 e. The zero-order chi connectivity index (χ0) is 32.3. The lowest BCUT2D eigenvalue weighted by Gasteiger charge is -2.26. The average Bonchev–Trinajstić information content (AvgIpc) is 3.85. The number of benzene rings is 2. The number of aromatic amines is 2. The van der Waals surface area contributed by atoms with Crippen LogP contribution in [0.25, 0.3) is 27.6 Å². The predicted octanol–water partition coefficient (Wildman–Crippen LogP) is 5.82. The maximum atomic E-state index is 13.3. The number of ketones is 1. The van der Waals surface area contributed by atoms with Crippen LogP contribution in [0, 0.1) is 6.92 Å². The molecule has 0 unspecified atom stereocenters. The summed E-state index contributed by atoms with van der Waals surface area (Å²) < 4.78 is 6.80. The molecule has 47 heavy (non-hydrogen) atoms. The van der Waals surface area contributed by atoms with Gasteiger partial charge in [-0.3, -0.25) is 4.79 Å². The van der Waals surface area contributed by atoms with Crippen molar-refractivity contribution in [3.63, 3.8) is 0 Å². The Morgan fingerprint density at radius 2 is 1.64 bits per heavy atom. The molecule has 5 aromatic heterocycles. The van der Waals surface area contributed by atoms with E-state index < -0.39 is 6.09 Å². The molecule has 0 spiro atoms. The number of nitrogens with two attached hydrogens (primary N) is 1. The minimum absolute atomic E-state index is 0.0592. The molecule has 5 heterocycles. The van der Waals surface area contributed by atoms with Gasteiger partial charge in [-0.25, -0.2) is 24.3 Å². The molecule has 236 valence electrons. The summed E-state index contributed by atoms with van der Waals surface area (Å²) in [5, 5.41) is 10.3. The van der Waals surface area contributed by atoms with Crippen molar-refractivity contribution < 1.29 is 14.3 Å². The molecular weight excluding hydrogens is 594 g/mol. The third kappa shape index (κ3) is 6.05. The van der Waals surface area contributed by atoms with Gasteiger partial charge in [0.25, 0.3) is 0 Å². The summed E-state index contributed by atoms with van der Waals surface area (Å²) in [6, 6.07) is 20.0. The van der Waals surface area contributed by atoms with Crippen molar-refractivity contribution in [1.82, 2.24) is 39.7 Å². The molecule has 0 atom stereocenters. The second-order valence-corrected chi connectivity index (χ2v) is 11.7. The van der Waals surface area contributed by atoms with Gasteiger partial charge in [-0.2, -0.15) is 0 Å². The number of amides is 1. The number of nitrogens with one attached hydrogen (secondary N) is 2. The van der Waals surface area contributed by atoms with E-state index in [2.05, 4.69) is 47.4 Å². The molecule has 4 N–H and O–H groups in total. The van der Waals surface area contributed by atoms with Gasteiger partial charge >= 0.3 is 6.09 Å². The van der Waals surface area contributed by atoms with Crippen LogP contribution in [0.3, 0.4) is 0 Å². The summed E-state index contributed by atoms with van der Waals surface area (Å²) in [6.07, 6.45) is 10.1. The zero-order valence-corrected chi connectivity index (χ0v) is 25.8. The van der Waals surface area contributed by atoms with Crippen molar-refractivity contribution in [2.75, 3.05) is 0 Å². The van der Waals surface area contributed by atoms with Crippen molar-refractivity contribution in [2.45, 2.75) is 51.0 Å². The van der Waals surface area contributed by atoms with Crippen LogP contribution in [0.1, 0.15) is 70.0 Å². The van der Waals surface area contributed by atoms with Crippen LogP contribution >= 0.6 is 0 Å². The number of aryl methyl sites for hydroxylation is 1. The lowest BCUT2D eigenvalue weighted by molar-refractivity contribution is 0.0785. The summed E-state index contributed by atoms with van der Waals surface area (Å²) in [5.41, 5.74) is 12.9. The molecular formula is C35H33N9O3. The molecule has 1 amide bonds. The maximum absolute atomic E-state index is 13.3. The molecule has 0 aliphatic heterocycles. The first-order chi connectivity index (χ1) is 23.0. The minimum atomic E-state index is -0.697. The quantitative estimate of drug-likeness (QED) is 0.194. The molecule has 2 aromatic carbocycles. The number of hydrogen-bond donors (Lipinski definition) is 3. The molecule has 12 nitrogen and oxygen atoms in total. The molecule has 0 radical (unpaired) electrons. The molecule has 1 aliphatic rings. The minimum Gasteiger partial charge on any atom is -0.446 e. The summed E-state index contributed by atoms with van der Waals surface area (Å²) in [6.45, 7) is 1.97. The molecule has 1 saturated carbocycles. The Balaban J connectivity index is 0.000000151. The van der Waals surface area contributed by atoms with Gasteiger partial charge < -0.3 is 20.4 Å². The Kier molecular flexibility index (Phi) is 8.13. The number of carbonyl (C=O) groups is 2. The van der Waals surface area contributed by atoms with Gasteiger partial charge in [0.2, 0.25) is 5.78 Å². The topological polar surface area (TPSA) is 170 Å². The Morgan fingerprint density at radius 3 is 2.40 bits per heavy atom. The van der Waals surface area contributed by atoms with E-state index in [1.54, 1.807) is 17.0 Å². The zero-order valence-electron chi connectivity index (χ0n) is 25.8. The van der Waals surface area contributed by atoms with Crippen LogP contribution in [0.4, 0.5) is 4.79 Å². The van der Waals surface area contributed by atoms with Crippen molar-refractivity contribution in [3.05, 3.63) is 119 Å². The smallest absolute Gasteiger partial charge is 0.404 e. The van der Waals surface area contributed by atoms with Crippen molar-refractivity contribution in [1.29, 1.82) is 0 Å². The highest BCUT2D eigenvalue weighted by molar-refractivity contribution is 6.15. The molecule has 12 heteroatoms. The number of aromatic nitrogens is 8. The summed E-state index contributed by atoms with van der Waals surface area (Å²) in [7, 11) is 0. The fourth-order valence-electron chi connectivity index (χ4n) is 6.50. The highest BCUT2D eigenvalue weighted by atomic mass is 16.6. The number of hydrogen-bond acceptors (Lipinski definition) is 8. The Hall–Kier alpha value is -5.91. The number of fused-ring (bicyclic) bond motifs is 4. The predicted molar refractivity (Wildman–Crippen MR) is 176 cm³/mol. The third-order valence-electron chi connectivity index (χ3n) is 8.73. The van der Waals surface area contributed by atoms with Crippen molar-refractivity contribution >= 4 is 39.5 Å². The number of rotatable bonds is 6. The Bertz CT molecular complexity index is 2190. The van der Waals surface area contributed by atoms with Crippen LogP contribution in [-0.4, -0.2) is 57.7 Å². The Morgan fingerprint density at radius 1 is 0.894 bits per heavy atom. The number of ether oxygens (including phenoxy) is 1. The first-order valence-corrected chi connectivity index (χ1v) is 15.5. The molecule has 8 rings (SSSR count). The van der Waals surface area contributed by atoms with E-state index in [4.69, 9.17) is 10.5 Å². The standard InChI is InChI=1S/C21H17N3O.C14H16N6O2/c1-14-6-5-9-16(12-15-7-3-2-4-8-15)18(14)20(25)19-17-10-11-22-21(17)24-13-23-19;15-14(21)22-9-3-1-8(2-4-9)11-12-10-5-6-16-13(10)17-7-20(12)19-18-11/h2-11,13H,12H2,1H3,(H,22,23,24);5-9,16H,1-4H2,(H2,15,21). The molecule has 0 saturated heterocycles. The molecule has 0 bridgehead atoms. The fourth-order valence-corrected chi connectivity index (χ4v) is 6.50. The van der Waals surface area contributed by atoms with Gasteiger partial charge in [0.05, 0.1) is 5.69 Å². The lowest BCUT2D eigenvalue weighted by Crippen LogP contribution is -2.26. The lowest BCUT2D eigenvalue weighted by atomic mass is 9.84. The normalized spacial score (nSPS) is 16.2. The summed E-state index contributed by atoms with van der Waals surface area (Å²) in [4.78, 5) is 43.0. The monoisotopic (exact) mass is 627 g/mol. The van der Waals surface area contributed by atoms with Gasteiger partial charge in [0, 0.05) is 34.6 Å². The Labute approximate surface area is 269 Å². The van der Waals surface area contributed by atoms with E-state index in [1.807, 2.05) is 61.7 Å². The van der Waals surface area contributed by atoms with E-state index in [1.165, 1.54) is 11.9 Å². The van der Waals surface area contributed by atoms with E-state index in [9.17, 15) is 9.59 Å². The van der Waals surface area contributed by atoms with Gasteiger partial charge in [0.1, 0.15) is 41.3 Å².